The summed E-state index contributed by atoms with van der Waals surface area (Å²) < 4.78 is 0. The van der Waals surface area contributed by atoms with Crippen LogP contribution >= 0.6 is 15.9 Å². The third-order valence-corrected chi connectivity index (χ3v) is 10.4. The van der Waals surface area contributed by atoms with Gasteiger partial charge in [0, 0.05) is 14.1 Å². The molecular weight excluding hydrogens is 288 g/mol. The van der Waals surface area contributed by atoms with Gasteiger partial charge in [0.25, 0.3) is 0 Å². The average molecular weight is 317 g/mol. The highest BCUT2D eigenvalue weighted by molar-refractivity contribution is 9.09. The molecule has 0 radical (unpaired) electrons. The minimum Gasteiger partial charge on any atom is -0.0925 e. The Kier molecular flexibility index (Phi) is 6.08. The molecule has 1 heterocycles. The van der Waals surface area contributed by atoms with Gasteiger partial charge in [-0.05, 0) is 17.4 Å². The lowest BCUT2D eigenvalue weighted by Crippen LogP contribution is -2.29. The molecule has 0 aromatic rings. The van der Waals surface area contributed by atoms with Crippen molar-refractivity contribution in [1.29, 1.82) is 0 Å². The Morgan fingerprint density at radius 3 is 2.12 bits per heavy atom. The minimum absolute atomic E-state index is 0.328. The minimum atomic E-state index is -0.328. The highest BCUT2D eigenvalue weighted by Gasteiger charge is 2.31. The molecule has 0 unspecified atom stereocenters. The fraction of sp³-hybridized carbons (Fsp3) is 1.00. The van der Waals surface area contributed by atoms with E-state index in [0.29, 0.717) is 0 Å². The second-order valence-corrected chi connectivity index (χ2v) is 10.8. The van der Waals surface area contributed by atoms with E-state index in [0.717, 1.165) is 11.8 Å². The van der Waals surface area contributed by atoms with E-state index < -0.39 is 0 Å². The first-order chi connectivity index (χ1) is 8.33. The fourth-order valence-corrected chi connectivity index (χ4v) is 9.18. The van der Waals surface area contributed by atoms with Crippen LogP contribution in [0.25, 0.3) is 0 Å². The third kappa shape index (κ3) is 4.09. The van der Waals surface area contributed by atoms with Gasteiger partial charge in [-0.1, -0.05) is 86.3 Å². The van der Waals surface area contributed by atoms with Gasteiger partial charge >= 0.3 is 0 Å². The van der Waals surface area contributed by atoms with Crippen LogP contribution in [0.5, 0.6) is 0 Å². The lowest BCUT2D eigenvalue weighted by molar-refractivity contribution is 0.331. The highest BCUT2D eigenvalue weighted by Crippen LogP contribution is 2.42. The fourth-order valence-electron chi connectivity index (χ4n) is 4.17. The molecule has 0 N–H and O–H groups in total. The van der Waals surface area contributed by atoms with Gasteiger partial charge in [-0.25, -0.2) is 0 Å². The monoisotopic (exact) mass is 316 g/mol. The standard InChI is InChI=1S/C15H29BrSi/c1-2-3-13-4-6-15(7-5-13)17-10-8-14(12-16)9-11-17/h13-15,17H,2-12H2,1H3/t13-,14?,15-,17?. The number of hydrogen-bond donors (Lipinski definition) is 0. The van der Waals surface area contributed by atoms with Gasteiger partial charge in [0.2, 0.25) is 0 Å². The Bertz CT molecular complexity index is 203. The van der Waals surface area contributed by atoms with Crippen molar-refractivity contribution in [2.45, 2.75) is 75.9 Å². The molecule has 0 bridgehead atoms. The maximum absolute atomic E-state index is 3.67. The molecule has 1 saturated heterocycles. The van der Waals surface area contributed by atoms with Crippen molar-refractivity contribution in [3.05, 3.63) is 0 Å². The largest absolute Gasteiger partial charge is 0.0925 e. The summed E-state index contributed by atoms with van der Waals surface area (Å²) in [4.78, 5) is 0. The normalized spacial score (nSPS) is 39.2. The molecule has 0 aromatic heterocycles. The molecule has 2 aliphatic rings. The molecule has 1 aliphatic carbocycles. The summed E-state index contributed by atoms with van der Waals surface area (Å²) in [6.07, 6.45) is 12.4. The highest BCUT2D eigenvalue weighted by atomic mass is 79.9. The summed E-state index contributed by atoms with van der Waals surface area (Å²) >= 11 is 3.67. The van der Waals surface area contributed by atoms with Crippen LogP contribution in [-0.2, 0) is 0 Å². The SMILES string of the molecule is CCC[C@H]1CC[C@H]([SiH]2CCC(CBr)CC2)CC1. The van der Waals surface area contributed by atoms with Crippen LogP contribution in [0.15, 0.2) is 0 Å². The molecule has 0 spiro atoms. The molecule has 2 rings (SSSR count). The van der Waals surface area contributed by atoms with Crippen LogP contribution in [0.1, 0.15) is 58.3 Å². The lowest BCUT2D eigenvalue weighted by Gasteiger charge is -2.36. The second-order valence-electron chi connectivity index (χ2n) is 6.50. The van der Waals surface area contributed by atoms with Crippen LogP contribution < -0.4 is 0 Å². The Morgan fingerprint density at radius 2 is 1.59 bits per heavy atom. The molecule has 17 heavy (non-hydrogen) atoms. The van der Waals surface area contributed by atoms with Crippen molar-refractivity contribution in [2.24, 2.45) is 11.8 Å². The summed E-state index contributed by atoms with van der Waals surface area (Å²) in [7, 11) is -0.328. The average Bonchev–Trinajstić information content (AvgIpc) is 2.40. The summed E-state index contributed by atoms with van der Waals surface area (Å²) in [5.41, 5.74) is 1.24. The molecule has 0 amide bonds. The van der Waals surface area contributed by atoms with Gasteiger partial charge in [-0.2, -0.15) is 0 Å². The van der Waals surface area contributed by atoms with Gasteiger partial charge in [0.05, 0.1) is 0 Å². The van der Waals surface area contributed by atoms with E-state index in [1.807, 2.05) is 0 Å². The molecule has 0 nitrogen and oxygen atoms in total. The predicted molar refractivity (Wildman–Crippen MR) is 83.9 cm³/mol. The lowest BCUT2D eigenvalue weighted by atomic mass is 9.86. The van der Waals surface area contributed by atoms with Gasteiger partial charge in [0.1, 0.15) is 0 Å². The van der Waals surface area contributed by atoms with E-state index in [-0.39, 0.29) is 8.80 Å². The van der Waals surface area contributed by atoms with Crippen LogP contribution in [-0.4, -0.2) is 14.1 Å². The summed E-state index contributed by atoms with van der Waals surface area (Å²) in [5.74, 6) is 2.12. The smallest absolute Gasteiger partial charge is 0.0399 e. The Labute approximate surface area is 118 Å². The van der Waals surface area contributed by atoms with Crippen molar-refractivity contribution >= 4 is 24.7 Å². The van der Waals surface area contributed by atoms with Crippen LogP contribution in [0.2, 0.25) is 17.6 Å². The summed E-state index contributed by atoms with van der Waals surface area (Å²) in [5, 5.41) is 1.26. The zero-order valence-corrected chi connectivity index (χ0v) is 14.2. The third-order valence-electron chi connectivity index (χ3n) is 5.36. The van der Waals surface area contributed by atoms with E-state index in [2.05, 4.69) is 22.9 Å². The van der Waals surface area contributed by atoms with Crippen molar-refractivity contribution < 1.29 is 0 Å². The Hall–Kier alpha value is 0.697. The van der Waals surface area contributed by atoms with E-state index in [4.69, 9.17) is 0 Å². The van der Waals surface area contributed by atoms with Crippen LogP contribution in [0.4, 0.5) is 0 Å². The topological polar surface area (TPSA) is 0 Å². The maximum atomic E-state index is 3.67. The quantitative estimate of drug-likeness (QED) is 0.482. The van der Waals surface area contributed by atoms with E-state index in [1.165, 1.54) is 23.7 Å². The van der Waals surface area contributed by atoms with Crippen molar-refractivity contribution in [2.75, 3.05) is 5.33 Å². The van der Waals surface area contributed by atoms with Crippen LogP contribution in [0, 0.1) is 11.8 Å². The summed E-state index contributed by atoms with van der Waals surface area (Å²) in [6.45, 7) is 2.35. The zero-order chi connectivity index (χ0) is 12.1. The van der Waals surface area contributed by atoms with Crippen molar-refractivity contribution in [3.8, 4) is 0 Å². The number of hydrogen-bond acceptors (Lipinski definition) is 0. The first-order valence-electron chi connectivity index (χ1n) is 7.89. The zero-order valence-electron chi connectivity index (χ0n) is 11.5. The van der Waals surface area contributed by atoms with Gasteiger partial charge in [-0.15, -0.1) is 0 Å². The van der Waals surface area contributed by atoms with E-state index in [9.17, 15) is 0 Å². The molecular formula is C15H29BrSi. The van der Waals surface area contributed by atoms with Gasteiger partial charge in [0.15, 0.2) is 0 Å². The van der Waals surface area contributed by atoms with E-state index >= 15 is 0 Å². The second kappa shape index (κ2) is 7.33. The number of alkyl halides is 1. The first kappa shape index (κ1) is 14.1. The Balaban J connectivity index is 1.70. The Morgan fingerprint density at radius 1 is 0.941 bits per heavy atom. The van der Waals surface area contributed by atoms with Crippen molar-refractivity contribution in [3.63, 3.8) is 0 Å². The maximum Gasteiger partial charge on any atom is 0.0399 e. The number of halogens is 1. The van der Waals surface area contributed by atoms with Crippen molar-refractivity contribution in [1.82, 2.24) is 0 Å². The molecule has 0 atom stereocenters. The van der Waals surface area contributed by atoms with Gasteiger partial charge in [-0.3, -0.25) is 0 Å². The molecule has 1 saturated carbocycles. The van der Waals surface area contributed by atoms with Gasteiger partial charge < -0.3 is 0 Å². The molecule has 1 aliphatic heterocycles. The summed E-state index contributed by atoms with van der Waals surface area (Å²) in [6, 6.07) is 3.33. The molecule has 2 fully saturated rings. The predicted octanol–water partition coefficient (Wildman–Crippen LogP) is 5.38. The van der Waals surface area contributed by atoms with E-state index in [1.54, 1.807) is 50.6 Å². The molecule has 100 valence electrons. The molecule has 2 heteroatoms. The number of rotatable bonds is 4. The molecule has 0 aromatic carbocycles. The van der Waals surface area contributed by atoms with Crippen LogP contribution in [0.3, 0.4) is 0 Å². The first-order valence-corrected chi connectivity index (χ1v) is 11.3.